The fourth-order valence-electron chi connectivity index (χ4n) is 3.26. The maximum absolute atomic E-state index is 11.4. The van der Waals surface area contributed by atoms with Crippen LogP contribution in [0.1, 0.15) is 32.5 Å². The van der Waals surface area contributed by atoms with Crippen molar-refractivity contribution >= 4 is 28.6 Å². The molecule has 5 heteroatoms. The molecule has 20 heavy (non-hydrogen) atoms. The summed E-state index contributed by atoms with van der Waals surface area (Å²) >= 11 is 6.05. The normalized spacial score (nSPS) is 24.0. The van der Waals surface area contributed by atoms with Crippen molar-refractivity contribution in [3.63, 3.8) is 0 Å². The molecule has 1 aliphatic rings. The van der Waals surface area contributed by atoms with Crippen LogP contribution in [-0.4, -0.2) is 20.6 Å². The third-order valence-corrected chi connectivity index (χ3v) is 4.66. The smallest absolute Gasteiger partial charge is 0.307 e. The molecular formula is C15H17ClN2O2. The van der Waals surface area contributed by atoms with Gasteiger partial charge in [0, 0.05) is 17.5 Å². The van der Waals surface area contributed by atoms with Crippen molar-refractivity contribution < 1.29 is 9.90 Å². The molecule has 3 rings (SSSR count). The van der Waals surface area contributed by atoms with E-state index in [1.165, 1.54) is 0 Å². The molecule has 1 aliphatic carbocycles. The number of carboxylic acids is 1. The van der Waals surface area contributed by atoms with Gasteiger partial charge in [0.25, 0.3) is 0 Å². The lowest BCUT2D eigenvalue weighted by molar-refractivity contribution is -0.139. The van der Waals surface area contributed by atoms with Crippen LogP contribution in [0, 0.1) is 11.3 Å². The number of aryl methyl sites for hydroxylation is 1. The third kappa shape index (κ3) is 1.74. The highest BCUT2D eigenvalue weighted by atomic mass is 35.5. The van der Waals surface area contributed by atoms with E-state index in [0.717, 1.165) is 23.4 Å². The van der Waals surface area contributed by atoms with Crippen LogP contribution >= 0.6 is 11.6 Å². The first-order valence-corrected chi connectivity index (χ1v) is 7.14. The lowest BCUT2D eigenvalue weighted by atomic mass is 10.1. The van der Waals surface area contributed by atoms with Gasteiger partial charge in [0.2, 0.25) is 0 Å². The Morgan fingerprint density at radius 1 is 1.50 bits per heavy atom. The van der Waals surface area contributed by atoms with Gasteiger partial charge >= 0.3 is 5.97 Å². The van der Waals surface area contributed by atoms with E-state index >= 15 is 0 Å². The molecule has 2 aromatic rings. The van der Waals surface area contributed by atoms with Gasteiger partial charge in [-0.05, 0) is 30.5 Å². The van der Waals surface area contributed by atoms with Gasteiger partial charge in [-0.25, -0.2) is 4.98 Å². The van der Waals surface area contributed by atoms with Crippen molar-refractivity contribution in [1.29, 1.82) is 0 Å². The second-order valence-electron chi connectivity index (χ2n) is 5.96. The van der Waals surface area contributed by atoms with Crippen LogP contribution in [-0.2, 0) is 11.3 Å². The maximum atomic E-state index is 11.4. The minimum atomic E-state index is -0.743. The highest BCUT2D eigenvalue weighted by molar-refractivity contribution is 6.31. The summed E-state index contributed by atoms with van der Waals surface area (Å²) in [5.41, 5.74) is 1.60. The fourth-order valence-corrected chi connectivity index (χ4v) is 3.43. The first-order valence-electron chi connectivity index (χ1n) is 6.76. The predicted molar refractivity (Wildman–Crippen MR) is 78.1 cm³/mol. The monoisotopic (exact) mass is 292 g/mol. The van der Waals surface area contributed by atoms with E-state index < -0.39 is 5.97 Å². The molecule has 1 aromatic carbocycles. The zero-order valence-electron chi connectivity index (χ0n) is 11.7. The Hall–Kier alpha value is -1.55. The standard InChI is InChI=1S/C15H17ClN2O2/c1-4-18-10-7-8(16)5-6-9(10)17-13(18)11-12(14(19)20)15(11,2)3/h5-7,11-12H,4H2,1-3H3,(H,19,20). The highest BCUT2D eigenvalue weighted by Gasteiger charge is 2.64. The number of fused-ring (bicyclic) bond motifs is 1. The maximum Gasteiger partial charge on any atom is 0.307 e. The molecule has 1 fully saturated rings. The Morgan fingerprint density at radius 3 is 2.75 bits per heavy atom. The molecule has 0 spiro atoms. The molecule has 1 saturated carbocycles. The average Bonchev–Trinajstić information content (AvgIpc) is 2.77. The largest absolute Gasteiger partial charge is 0.481 e. The second kappa shape index (κ2) is 4.22. The molecule has 0 bridgehead atoms. The van der Waals surface area contributed by atoms with E-state index in [2.05, 4.69) is 9.55 Å². The molecule has 0 aliphatic heterocycles. The van der Waals surface area contributed by atoms with E-state index in [1.54, 1.807) is 0 Å². The summed E-state index contributed by atoms with van der Waals surface area (Å²) in [7, 11) is 0. The number of halogens is 1. The van der Waals surface area contributed by atoms with Crippen LogP contribution in [0.15, 0.2) is 18.2 Å². The van der Waals surface area contributed by atoms with Crippen LogP contribution in [0.4, 0.5) is 0 Å². The molecule has 0 radical (unpaired) electrons. The van der Waals surface area contributed by atoms with Crippen molar-refractivity contribution in [3.05, 3.63) is 29.0 Å². The number of imidazole rings is 1. The van der Waals surface area contributed by atoms with Crippen LogP contribution in [0.2, 0.25) is 5.02 Å². The van der Waals surface area contributed by atoms with Crippen molar-refractivity contribution in [2.24, 2.45) is 11.3 Å². The predicted octanol–water partition coefficient (Wildman–Crippen LogP) is 3.53. The first-order chi connectivity index (χ1) is 9.37. The van der Waals surface area contributed by atoms with E-state index in [9.17, 15) is 9.90 Å². The molecular weight excluding hydrogens is 276 g/mol. The number of nitrogens with zero attached hydrogens (tertiary/aromatic N) is 2. The van der Waals surface area contributed by atoms with Crippen molar-refractivity contribution in [2.75, 3.05) is 0 Å². The Morgan fingerprint density at radius 2 is 2.20 bits per heavy atom. The molecule has 2 atom stereocenters. The fraction of sp³-hybridized carbons (Fsp3) is 0.467. The Bertz CT molecular complexity index is 705. The minimum Gasteiger partial charge on any atom is -0.481 e. The second-order valence-corrected chi connectivity index (χ2v) is 6.40. The Balaban J connectivity index is 2.16. The average molecular weight is 293 g/mol. The summed E-state index contributed by atoms with van der Waals surface area (Å²) < 4.78 is 2.08. The SMILES string of the molecule is CCn1c(C2C(C(=O)O)C2(C)C)nc2ccc(Cl)cc21. The van der Waals surface area contributed by atoms with Crippen LogP contribution in [0.5, 0.6) is 0 Å². The molecule has 0 saturated heterocycles. The van der Waals surface area contributed by atoms with Crippen LogP contribution in [0.25, 0.3) is 11.0 Å². The van der Waals surface area contributed by atoms with Crippen LogP contribution < -0.4 is 0 Å². The topological polar surface area (TPSA) is 55.1 Å². The van der Waals surface area contributed by atoms with Gasteiger partial charge in [0.15, 0.2) is 0 Å². The number of hydrogen-bond acceptors (Lipinski definition) is 2. The van der Waals surface area contributed by atoms with E-state index in [0.29, 0.717) is 5.02 Å². The third-order valence-electron chi connectivity index (χ3n) is 4.43. The van der Waals surface area contributed by atoms with Gasteiger partial charge in [0.1, 0.15) is 5.82 Å². The quantitative estimate of drug-likeness (QED) is 0.941. The molecule has 4 nitrogen and oxygen atoms in total. The summed E-state index contributed by atoms with van der Waals surface area (Å²) in [6.45, 7) is 6.77. The van der Waals surface area contributed by atoms with Gasteiger partial charge in [-0.1, -0.05) is 25.4 Å². The Labute approximate surface area is 122 Å². The summed E-state index contributed by atoms with van der Waals surface area (Å²) in [5.74, 6) is -0.277. The molecule has 106 valence electrons. The summed E-state index contributed by atoms with van der Waals surface area (Å²) in [5, 5.41) is 10.0. The summed E-state index contributed by atoms with van der Waals surface area (Å²) in [6, 6.07) is 5.59. The number of carboxylic acid groups (broad SMARTS) is 1. The van der Waals surface area contributed by atoms with E-state index in [-0.39, 0.29) is 17.3 Å². The number of hydrogen-bond donors (Lipinski definition) is 1. The van der Waals surface area contributed by atoms with Crippen molar-refractivity contribution in [1.82, 2.24) is 9.55 Å². The lowest BCUT2D eigenvalue weighted by Crippen LogP contribution is -2.04. The van der Waals surface area contributed by atoms with Gasteiger partial charge in [0.05, 0.1) is 17.0 Å². The van der Waals surface area contributed by atoms with Crippen molar-refractivity contribution in [2.45, 2.75) is 33.2 Å². The molecule has 1 aromatic heterocycles. The highest BCUT2D eigenvalue weighted by Crippen LogP contribution is 2.64. The van der Waals surface area contributed by atoms with E-state index in [4.69, 9.17) is 11.6 Å². The molecule has 1 N–H and O–H groups in total. The van der Waals surface area contributed by atoms with Crippen molar-refractivity contribution in [3.8, 4) is 0 Å². The zero-order valence-corrected chi connectivity index (χ0v) is 12.5. The number of carbonyl (C=O) groups is 1. The summed E-state index contributed by atoms with van der Waals surface area (Å²) in [6.07, 6.45) is 0. The Kier molecular flexibility index (Phi) is 2.83. The molecule has 2 unspecified atom stereocenters. The van der Waals surface area contributed by atoms with E-state index in [1.807, 2.05) is 39.0 Å². The number of aliphatic carboxylic acids is 1. The number of benzene rings is 1. The summed E-state index contributed by atoms with van der Waals surface area (Å²) in [4.78, 5) is 16.0. The number of rotatable bonds is 3. The van der Waals surface area contributed by atoms with Gasteiger partial charge in [-0.2, -0.15) is 0 Å². The van der Waals surface area contributed by atoms with Gasteiger partial charge in [-0.3, -0.25) is 4.79 Å². The molecule has 1 heterocycles. The molecule has 0 amide bonds. The van der Waals surface area contributed by atoms with Gasteiger partial charge < -0.3 is 9.67 Å². The zero-order chi connectivity index (χ0) is 14.7. The first kappa shape index (κ1) is 13.4. The number of aromatic nitrogens is 2. The minimum absolute atomic E-state index is 0.0360. The van der Waals surface area contributed by atoms with Crippen LogP contribution in [0.3, 0.4) is 0 Å². The lowest BCUT2D eigenvalue weighted by Gasteiger charge is -2.07. The van der Waals surface area contributed by atoms with Gasteiger partial charge in [-0.15, -0.1) is 0 Å².